The van der Waals surface area contributed by atoms with Crippen molar-refractivity contribution >= 4 is 35.0 Å². The van der Waals surface area contributed by atoms with E-state index in [1.807, 2.05) is 0 Å². The lowest BCUT2D eigenvalue weighted by molar-refractivity contribution is -0.119. The summed E-state index contributed by atoms with van der Waals surface area (Å²) in [5.41, 5.74) is 1.10. The lowest BCUT2D eigenvalue weighted by atomic mass is 10.3. The number of alkyl halides is 2. The molecule has 2 aromatic carbocycles. The van der Waals surface area contributed by atoms with Crippen LogP contribution in [0.1, 0.15) is 0 Å². The number of hydrogen-bond acceptors (Lipinski definition) is 5. The Morgan fingerprint density at radius 3 is 2.21 bits per heavy atom. The molecule has 9 heteroatoms. The van der Waals surface area contributed by atoms with Crippen LogP contribution in [0.25, 0.3) is 0 Å². The monoisotopic (exact) mass is 409 g/mol. The predicted molar refractivity (Wildman–Crippen MR) is 106 cm³/mol. The second kappa shape index (κ2) is 10.6. The summed E-state index contributed by atoms with van der Waals surface area (Å²) >= 11 is 0.440. The molecule has 0 radical (unpaired) electrons. The van der Waals surface area contributed by atoms with Crippen molar-refractivity contribution in [3.63, 3.8) is 0 Å². The Morgan fingerprint density at radius 1 is 1.04 bits per heavy atom. The molecule has 0 spiro atoms. The standard InChI is InChI=1S/C19H21F2N3O3S/c1-24(12-18(26)23-14-4-3-5-15(10-14)27-2)11-17(25)22-13-6-8-16(9-7-13)28-19(20)21/h3-10,19H,11-12H2,1-2H3,(H,22,25)(H,23,26). The fourth-order valence-corrected chi connectivity index (χ4v) is 2.87. The molecule has 2 aromatic rings. The molecule has 0 saturated heterocycles. The molecule has 2 rings (SSSR count). The molecule has 0 unspecified atom stereocenters. The molecule has 0 heterocycles. The van der Waals surface area contributed by atoms with Gasteiger partial charge < -0.3 is 15.4 Å². The maximum absolute atomic E-state index is 12.3. The Balaban J connectivity index is 1.79. The molecule has 2 N–H and O–H groups in total. The molecule has 0 atom stereocenters. The number of rotatable bonds is 9. The molecule has 2 amide bonds. The van der Waals surface area contributed by atoms with Crippen molar-refractivity contribution < 1.29 is 23.1 Å². The predicted octanol–water partition coefficient (Wildman–Crippen LogP) is 3.52. The number of likely N-dealkylation sites (N-methyl/N-ethyl adjacent to an activating group) is 1. The van der Waals surface area contributed by atoms with E-state index in [0.717, 1.165) is 0 Å². The highest BCUT2D eigenvalue weighted by Gasteiger charge is 2.12. The van der Waals surface area contributed by atoms with E-state index in [0.29, 0.717) is 33.8 Å². The first-order valence-corrected chi connectivity index (χ1v) is 9.21. The van der Waals surface area contributed by atoms with Gasteiger partial charge in [-0.25, -0.2) is 0 Å². The lowest BCUT2D eigenvalue weighted by Crippen LogP contribution is -2.36. The third kappa shape index (κ3) is 7.53. The number of benzene rings is 2. The van der Waals surface area contributed by atoms with Crippen LogP contribution in [0, 0.1) is 0 Å². The number of nitrogens with zero attached hydrogens (tertiary/aromatic N) is 1. The highest BCUT2D eigenvalue weighted by atomic mass is 32.2. The molecule has 6 nitrogen and oxygen atoms in total. The van der Waals surface area contributed by atoms with E-state index >= 15 is 0 Å². The summed E-state index contributed by atoms with van der Waals surface area (Å²) in [7, 11) is 3.19. The summed E-state index contributed by atoms with van der Waals surface area (Å²) in [5, 5.41) is 5.40. The zero-order valence-electron chi connectivity index (χ0n) is 15.4. The normalized spacial score (nSPS) is 10.8. The molecule has 150 valence electrons. The Morgan fingerprint density at radius 2 is 1.64 bits per heavy atom. The molecule has 0 bridgehead atoms. The van der Waals surface area contributed by atoms with Gasteiger partial charge in [0.2, 0.25) is 11.8 Å². The summed E-state index contributed by atoms with van der Waals surface area (Å²) in [6, 6.07) is 13.1. The summed E-state index contributed by atoms with van der Waals surface area (Å²) in [5.74, 6) is -2.44. The minimum absolute atomic E-state index is 0.000926. The molecule has 0 aromatic heterocycles. The van der Waals surface area contributed by atoms with Crippen molar-refractivity contribution in [2.75, 3.05) is 37.9 Å². The molecule has 0 fully saturated rings. The second-order valence-electron chi connectivity index (χ2n) is 5.90. The summed E-state index contributed by atoms with van der Waals surface area (Å²) < 4.78 is 29.7. The second-order valence-corrected chi connectivity index (χ2v) is 6.97. The summed E-state index contributed by atoms with van der Waals surface area (Å²) in [4.78, 5) is 26.2. The number of carbonyl (C=O) groups excluding carboxylic acids is 2. The smallest absolute Gasteiger partial charge is 0.288 e. The van der Waals surface area contributed by atoms with Crippen molar-refractivity contribution in [1.82, 2.24) is 4.90 Å². The van der Waals surface area contributed by atoms with Gasteiger partial charge in [0, 0.05) is 22.3 Å². The van der Waals surface area contributed by atoms with Crippen LogP contribution in [0.3, 0.4) is 0 Å². The van der Waals surface area contributed by atoms with Gasteiger partial charge in [0.25, 0.3) is 5.76 Å². The molecular formula is C19H21F2N3O3S. The van der Waals surface area contributed by atoms with Gasteiger partial charge in [0.15, 0.2) is 0 Å². The van der Waals surface area contributed by atoms with E-state index in [-0.39, 0.29) is 24.9 Å². The number of ether oxygens (including phenoxy) is 1. The van der Waals surface area contributed by atoms with Crippen LogP contribution in [0.5, 0.6) is 5.75 Å². The highest BCUT2D eigenvalue weighted by molar-refractivity contribution is 7.99. The summed E-state index contributed by atoms with van der Waals surface area (Å²) in [6.45, 7) is 0.0215. The Hall–Kier alpha value is -2.65. The molecule has 28 heavy (non-hydrogen) atoms. The number of hydrogen-bond donors (Lipinski definition) is 2. The van der Waals surface area contributed by atoms with Crippen molar-refractivity contribution in [2.45, 2.75) is 10.7 Å². The van der Waals surface area contributed by atoms with E-state index in [2.05, 4.69) is 10.6 Å². The van der Waals surface area contributed by atoms with Gasteiger partial charge >= 0.3 is 0 Å². The minimum Gasteiger partial charge on any atom is -0.497 e. The number of amides is 2. The topological polar surface area (TPSA) is 70.7 Å². The van der Waals surface area contributed by atoms with Gasteiger partial charge in [-0.15, -0.1) is 0 Å². The van der Waals surface area contributed by atoms with Crippen LogP contribution >= 0.6 is 11.8 Å². The van der Waals surface area contributed by atoms with Crippen molar-refractivity contribution in [3.05, 3.63) is 48.5 Å². The lowest BCUT2D eigenvalue weighted by Gasteiger charge is -2.16. The molecule has 0 aliphatic rings. The van der Waals surface area contributed by atoms with Crippen molar-refractivity contribution in [1.29, 1.82) is 0 Å². The number of methoxy groups -OCH3 is 1. The third-order valence-electron chi connectivity index (χ3n) is 3.54. The average molecular weight is 409 g/mol. The van der Waals surface area contributed by atoms with Crippen molar-refractivity contribution in [2.24, 2.45) is 0 Å². The van der Waals surface area contributed by atoms with Crippen molar-refractivity contribution in [3.8, 4) is 5.75 Å². The van der Waals surface area contributed by atoms with Crippen LogP contribution < -0.4 is 15.4 Å². The largest absolute Gasteiger partial charge is 0.497 e. The van der Waals surface area contributed by atoms with Gasteiger partial charge in [-0.2, -0.15) is 8.78 Å². The molecule has 0 aliphatic heterocycles. The third-order valence-corrected chi connectivity index (χ3v) is 4.27. The number of anilines is 2. The molecule has 0 aliphatic carbocycles. The maximum Gasteiger partial charge on any atom is 0.288 e. The van der Waals surface area contributed by atoms with Gasteiger partial charge in [0.05, 0.1) is 20.2 Å². The van der Waals surface area contributed by atoms with Gasteiger partial charge in [-0.1, -0.05) is 17.8 Å². The zero-order valence-corrected chi connectivity index (χ0v) is 16.3. The van der Waals surface area contributed by atoms with E-state index in [9.17, 15) is 18.4 Å². The SMILES string of the molecule is COc1cccc(NC(=O)CN(C)CC(=O)Nc2ccc(SC(F)F)cc2)c1. The number of thioether (sulfide) groups is 1. The first-order chi connectivity index (χ1) is 13.4. The fourth-order valence-electron chi connectivity index (χ4n) is 2.37. The van der Waals surface area contributed by atoms with Gasteiger partial charge in [-0.05, 0) is 43.4 Å². The first-order valence-electron chi connectivity index (χ1n) is 8.33. The van der Waals surface area contributed by atoms with Gasteiger partial charge in [0.1, 0.15) is 5.75 Å². The van der Waals surface area contributed by atoms with Crippen LogP contribution in [0.4, 0.5) is 20.2 Å². The van der Waals surface area contributed by atoms with E-state index < -0.39 is 5.76 Å². The highest BCUT2D eigenvalue weighted by Crippen LogP contribution is 2.26. The summed E-state index contributed by atoms with van der Waals surface area (Å²) in [6.07, 6.45) is 0. The Bertz CT molecular complexity index is 803. The van der Waals surface area contributed by atoms with Crippen LogP contribution in [-0.4, -0.2) is 49.7 Å². The maximum atomic E-state index is 12.3. The average Bonchev–Trinajstić information content (AvgIpc) is 2.62. The fraction of sp³-hybridized carbons (Fsp3) is 0.263. The van der Waals surface area contributed by atoms with E-state index in [1.165, 1.54) is 12.1 Å². The Labute approximate surface area is 166 Å². The van der Waals surface area contributed by atoms with Crippen LogP contribution in [0.2, 0.25) is 0 Å². The minimum atomic E-state index is -2.49. The van der Waals surface area contributed by atoms with E-state index in [1.54, 1.807) is 55.5 Å². The zero-order chi connectivity index (χ0) is 20.5. The Kier molecular flexibility index (Phi) is 8.21. The number of nitrogens with one attached hydrogen (secondary N) is 2. The first kappa shape index (κ1) is 21.6. The van der Waals surface area contributed by atoms with E-state index in [4.69, 9.17) is 4.74 Å². The van der Waals surface area contributed by atoms with Crippen LogP contribution in [0.15, 0.2) is 53.4 Å². The number of carbonyl (C=O) groups is 2. The van der Waals surface area contributed by atoms with Gasteiger partial charge in [-0.3, -0.25) is 14.5 Å². The quantitative estimate of drug-likeness (QED) is 0.620. The molecular weight excluding hydrogens is 388 g/mol. The molecule has 0 saturated carbocycles. The van der Waals surface area contributed by atoms with Crippen LogP contribution in [-0.2, 0) is 9.59 Å². The number of halogens is 2.